The van der Waals surface area contributed by atoms with Crippen molar-refractivity contribution < 1.29 is 0 Å². The van der Waals surface area contributed by atoms with Gasteiger partial charge in [0.2, 0.25) is 0 Å². The maximum atomic E-state index is 4.64. The predicted octanol–water partition coefficient (Wildman–Crippen LogP) is 3.37. The number of para-hydroxylation sites is 1. The number of benzene rings is 1. The number of fused-ring (bicyclic) bond motifs is 1. The summed E-state index contributed by atoms with van der Waals surface area (Å²) >= 11 is 0. The molecule has 0 saturated carbocycles. The minimum Gasteiger partial charge on any atom is -0.308 e. The van der Waals surface area contributed by atoms with E-state index >= 15 is 0 Å². The fourth-order valence-corrected chi connectivity index (χ4v) is 1.71. The molecule has 0 radical (unpaired) electrons. The van der Waals surface area contributed by atoms with E-state index < -0.39 is 0 Å². The molecule has 0 fully saturated rings. The first-order chi connectivity index (χ1) is 8.16. The number of rotatable bonds is 4. The highest BCUT2D eigenvalue weighted by atomic mass is 14.9. The number of aromatic nitrogens is 1. The van der Waals surface area contributed by atoms with E-state index in [4.69, 9.17) is 0 Å². The van der Waals surface area contributed by atoms with Crippen molar-refractivity contribution in [2.75, 3.05) is 0 Å². The minimum absolute atomic E-state index is 0.517. The van der Waals surface area contributed by atoms with E-state index in [1.165, 1.54) is 5.39 Å². The molecule has 0 saturated heterocycles. The Hall–Kier alpha value is -1.41. The minimum atomic E-state index is 0.517. The second-order valence-electron chi connectivity index (χ2n) is 4.91. The number of pyridine rings is 1. The number of nitrogens with one attached hydrogen (secondary N) is 1. The first-order valence-electron chi connectivity index (χ1n) is 6.25. The molecular weight excluding hydrogens is 208 g/mol. The Labute approximate surface area is 103 Å². The van der Waals surface area contributed by atoms with Crippen molar-refractivity contribution >= 4 is 10.9 Å². The molecule has 1 aromatic heterocycles. The van der Waals surface area contributed by atoms with Gasteiger partial charge in [0.15, 0.2) is 0 Å². The molecular formula is C15H20N2. The summed E-state index contributed by atoms with van der Waals surface area (Å²) in [6.07, 6.45) is 0. The van der Waals surface area contributed by atoms with Gasteiger partial charge in [-0.15, -0.1) is 0 Å². The quantitative estimate of drug-likeness (QED) is 0.868. The molecule has 0 aliphatic heterocycles. The lowest BCUT2D eigenvalue weighted by atomic mass is 10.1. The Morgan fingerprint density at radius 3 is 2.59 bits per heavy atom. The van der Waals surface area contributed by atoms with Gasteiger partial charge in [0.25, 0.3) is 0 Å². The van der Waals surface area contributed by atoms with Crippen molar-refractivity contribution in [2.45, 2.75) is 33.4 Å². The van der Waals surface area contributed by atoms with Crippen LogP contribution in [0.2, 0.25) is 0 Å². The monoisotopic (exact) mass is 228 g/mol. The summed E-state index contributed by atoms with van der Waals surface area (Å²) in [5.41, 5.74) is 2.18. The molecule has 1 atom stereocenters. The maximum absolute atomic E-state index is 4.64. The van der Waals surface area contributed by atoms with Crippen LogP contribution in [0.1, 0.15) is 26.5 Å². The zero-order chi connectivity index (χ0) is 12.3. The van der Waals surface area contributed by atoms with Gasteiger partial charge in [-0.1, -0.05) is 38.1 Å². The molecule has 2 aromatic rings. The van der Waals surface area contributed by atoms with E-state index in [2.05, 4.69) is 55.3 Å². The molecule has 2 nitrogen and oxygen atoms in total. The Morgan fingerprint density at radius 2 is 1.82 bits per heavy atom. The highest BCUT2D eigenvalue weighted by Gasteiger charge is 2.06. The summed E-state index contributed by atoms with van der Waals surface area (Å²) in [6, 6.07) is 13.0. The third kappa shape index (κ3) is 3.04. The van der Waals surface area contributed by atoms with Crippen LogP contribution in [0.3, 0.4) is 0 Å². The van der Waals surface area contributed by atoms with Gasteiger partial charge in [-0.25, -0.2) is 0 Å². The molecule has 1 N–H and O–H groups in total. The van der Waals surface area contributed by atoms with E-state index in [1.807, 2.05) is 12.1 Å². The number of hydrogen-bond acceptors (Lipinski definition) is 2. The fourth-order valence-electron chi connectivity index (χ4n) is 1.71. The number of nitrogens with zero attached hydrogens (tertiary/aromatic N) is 1. The average Bonchev–Trinajstić information content (AvgIpc) is 2.35. The van der Waals surface area contributed by atoms with Gasteiger partial charge in [-0.2, -0.15) is 0 Å². The Bertz CT molecular complexity index is 491. The smallest absolute Gasteiger partial charge is 0.0705 e. The average molecular weight is 228 g/mol. The molecule has 0 aliphatic carbocycles. The lowest BCUT2D eigenvalue weighted by molar-refractivity contribution is 0.424. The summed E-state index contributed by atoms with van der Waals surface area (Å²) in [5.74, 6) is 0.649. The van der Waals surface area contributed by atoms with Gasteiger partial charge in [-0.05, 0) is 25.0 Å². The molecule has 1 heterocycles. The summed E-state index contributed by atoms with van der Waals surface area (Å²) in [7, 11) is 0. The van der Waals surface area contributed by atoms with E-state index in [0.717, 1.165) is 17.8 Å². The molecule has 0 bridgehead atoms. The SMILES string of the molecule is CC(C)C(C)NCc1ccc2ccccc2n1. The largest absolute Gasteiger partial charge is 0.308 e. The highest BCUT2D eigenvalue weighted by molar-refractivity contribution is 5.78. The maximum Gasteiger partial charge on any atom is 0.0705 e. The molecule has 1 aromatic carbocycles. The van der Waals surface area contributed by atoms with Crippen LogP contribution in [0.5, 0.6) is 0 Å². The van der Waals surface area contributed by atoms with Crippen LogP contribution < -0.4 is 5.32 Å². The molecule has 17 heavy (non-hydrogen) atoms. The molecule has 0 amide bonds. The van der Waals surface area contributed by atoms with E-state index in [1.54, 1.807) is 0 Å². The molecule has 0 spiro atoms. The third-order valence-electron chi connectivity index (χ3n) is 3.26. The summed E-state index contributed by atoms with van der Waals surface area (Å²) in [4.78, 5) is 4.64. The Morgan fingerprint density at radius 1 is 1.06 bits per heavy atom. The molecule has 90 valence electrons. The van der Waals surface area contributed by atoms with Gasteiger partial charge >= 0.3 is 0 Å². The van der Waals surface area contributed by atoms with Gasteiger partial charge in [0.05, 0.1) is 11.2 Å². The zero-order valence-corrected chi connectivity index (χ0v) is 10.8. The first kappa shape index (κ1) is 12.1. The predicted molar refractivity (Wildman–Crippen MR) is 72.9 cm³/mol. The van der Waals surface area contributed by atoms with Crippen molar-refractivity contribution in [3.05, 3.63) is 42.1 Å². The highest BCUT2D eigenvalue weighted by Crippen LogP contribution is 2.12. The van der Waals surface area contributed by atoms with Crippen LogP contribution in [-0.2, 0) is 6.54 Å². The molecule has 2 rings (SSSR count). The van der Waals surface area contributed by atoms with E-state index in [-0.39, 0.29) is 0 Å². The van der Waals surface area contributed by atoms with Gasteiger partial charge in [-0.3, -0.25) is 4.98 Å². The lowest BCUT2D eigenvalue weighted by Crippen LogP contribution is -2.30. The van der Waals surface area contributed by atoms with Crippen LogP contribution in [0, 0.1) is 5.92 Å². The Kier molecular flexibility index (Phi) is 3.75. The third-order valence-corrected chi connectivity index (χ3v) is 3.26. The second-order valence-corrected chi connectivity index (χ2v) is 4.91. The topological polar surface area (TPSA) is 24.9 Å². The molecule has 2 heteroatoms. The first-order valence-corrected chi connectivity index (χ1v) is 6.25. The van der Waals surface area contributed by atoms with Crippen LogP contribution in [0.25, 0.3) is 10.9 Å². The standard InChI is InChI=1S/C15H20N2/c1-11(2)12(3)16-10-14-9-8-13-6-4-5-7-15(13)17-14/h4-9,11-12,16H,10H2,1-3H3. The van der Waals surface area contributed by atoms with Crippen LogP contribution in [0.4, 0.5) is 0 Å². The Balaban J connectivity index is 2.09. The van der Waals surface area contributed by atoms with Crippen LogP contribution in [-0.4, -0.2) is 11.0 Å². The van der Waals surface area contributed by atoms with Crippen molar-refractivity contribution in [3.63, 3.8) is 0 Å². The summed E-state index contributed by atoms with van der Waals surface area (Å²) in [5, 5.41) is 4.70. The van der Waals surface area contributed by atoms with Crippen LogP contribution >= 0.6 is 0 Å². The van der Waals surface area contributed by atoms with Crippen molar-refractivity contribution in [1.82, 2.24) is 10.3 Å². The lowest BCUT2D eigenvalue weighted by Gasteiger charge is -2.17. The second kappa shape index (κ2) is 5.28. The number of hydrogen-bond donors (Lipinski definition) is 1. The van der Waals surface area contributed by atoms with Crippen molar-refractivity contribution in [3.8, 4) is 0 Å². The van der Waals surface area contributed by atoms with E-state index in [9.17, 15) is 0 Å². The van der Waals surface area contributed by atoms with Gasteiger partial charge in [0.1, 0.15) is 0 Å². The van der Waals surface area contributed by atoms with Crippen LogP contribution in [0.15, 0.2) is 36.4 Å². The van der Waals surface area contributed by atoms with E-state index in [0.29, 0.717) is 12.0 Å². The van der Waals surface area contributed by atoms with Gasteiger partial charge < -0.3 is 5.32 Å². The van der Waals surface area contributed by atoms with Crippen molar-refractivity contribution in [1.29, 1.82) is 0 Å². The molecule has 1 unspecified atom stereocenters. The zero-order valence-electron chi connectivity index (χ0n) is 10.8. The van der Waals surface area contributed by atoms with Crippen molar-refractivity contribution in [2.24, 2.45) is 5.92 Å². The summed E-state index contributed by atoms with van der Waals surface area (Å²) in [6.45, 7) is 7.51. The van der Waals surface area contributed by atoms with Gasteiger partial charge in [0, 0.05) is 18.0 Å². The summed E-state index contributed by atoms with van der Waals surface area (Å²) < 4.78 is 0. The molecule has 0 aliphatic rings. The normalized spacial score (nSPS) is 13.2. The fraction of sp³-hybridized carbons (Fsp3) is 0.400.